The van der Waals surface area contributed by atoms with Gasteiger partial charge >= 0.3 is 6.18 Å². The Labute approximate surface area is 193 Å². The second-order valence-electron chi connectivity index (χ2n) is 8.03. The van der Waals surface area contributed by atoms with E-state index in [9.17, 15) is 13.2 Å². The second-order valence-corrected chi connectivity index (χ2v) is 8.85. The van der Waals surface area contributed by atoms with Crippen molar-refractivity contribution in [3.05, 3.63) is 56.7 Å². The number of hydrogen-bond donors (Lipinski definition) is 0. The fraction of sp³-hybridized carbons (Fsp3) is 0.409. The number of halogens is 5. The third-order valence-corrected chi connectivity index (χ3v) is 6.35. The van der Waals surface area contributed by atoms with Gasteiger partial charge in [-0.2, -0.15) is 13.2 Å². The normalized spacial score (nSPS) is 15.4. The molecule has 1 aliphatic heterocycles. The summed E-state index contributed by atoms with van der Waals surface area (Å²) in [5, 5.41) is 0.588. The summed E-state index contributed by atoms with van der Waals surface area (Å²) in [5.41, 5.74) is 0.750. The third-order valence-electron chi connectivity index (χ3n) is 5.78. The van der Waals surface area contributed by atoms with Gasteiger partial charge in [0.25, 0.3) is 0 Å². The summed E-state index contributed by atoms with van der Waals surface area (Å²) < 4.78 is 41.1. The van der Waals surface area contributed by atoms with E-state index in [0.29, 0.717) is 23.9 Å². The first-order chi connectivity index (χ1) is 15.1. The Morgan fingerprint density at radius 3 is 2.31 bits per heavy atom. The molecule has 5 nitrogen and oxygen atoms in total. The molecule has 0 spiro atoms. The molecule has 168 valence electrons. The van der Waals surface area contributed by atoms with Gasteiger partial charge in [-0.15, -0.1) is 0 Å². The monoisotopic (exact) mass is 481 g/mol. The molecule has 0 aliphatic carbocycles. The quantitative estimate of drug-likeness (QED) is 0.400. The molecule has 0 radical (unpaired) electrons. The number of anilines is 1. The van der Waals surface area contributed by atoms with Gasteiger partial charge in [0.15, 0.2) is 5.65 Å². The molecule has 1 fully saturated rings. The summed E-state index contributed by atoms with van der Waals surface area (Å²) in [6.07, 6.45) is -0.966. The molecule has 0 amide bonds. The molecule has 0 atom stereocenters. The van der Waals surface area contributed by atoms with Crippen LogP contribution in [0.1, 0.15) is 29.8 Å². The molecule has 3 heterocycles. The van der Waals surface area contributed by atoms with Crippen molar-refractivity contribution in [3.8, 4) is 5.69 Å². The molecule has 0 N–H and O–H groups in total. The molecular weight excluding hydrogens is 462 g/mol. The summed E-state index contributed by atoms with van der Waals surface area (Å²) in [5.74, 6) is 1.70. The first-order valence-corrected chi connectivity index (χ1v) is 10.9. The number of alkyl halides is 3. The van der Waals surface area contributed by atoms with Gasteiger partial charge in [-0.25, -0.2) is 16.5 Å². The second kappa shape index (κ2) is 8.45. The highest BCUT2D eigenvalue weighted by atomic mass is 35.5. The van der Waals surface area contributed by atoms with Crippen LogP contribution in [0.5, 0.6) is 0 Å². The van der Waals surface area contributed by atoms with E-state index in [4.69, 9.17) is 29.8 Å². The molecule has 1 aromatic carbocycles. The maximum Gasteiger partial charge on any atom is 0.416 e. The maximum absolute atomic E-state index is 13.2. The van der Waals surface area contributed by atoms with E-state index in [1.165, 1.54) is 0 Å². The lowest BCUT2D eigenvalue weighted by molar-refractivity contribution is -0.137. The zero-order valence-corrected chi connectivity index (χ0v) is 19.0. The fourth-order valence-electron chi connectivity index (χ4n) is 4.20. The summed E-state index contributed by atoms with van der Waals surface area (Å²) in [6.45, 7) is 12.9. The van der Waals surface area contributed by atoms with Crippen molar-refractivity contribution in [3.63, 3.8) is 0 Å². The predicted octanol–water partition coefficient (Wildman–Crippen LogP) is 6.50. The number of aryl methyl sites for hydroxylation is 2. The number of rotatable bonds is 3. The van der Waals surface area contributed by atoms with Crippen molar-refractivity contribution >= 4 is 40.1 Å². The standard InChI is InChI=1S/C22H20Cl2F3N5/c1-12-11-32(19-16(23)8-15(9-17(19)24)22(25,26)27)21-18(12)20(29-13(2)30-21)31-6-4-14(5-7-31)10-28-3/h8-9,11,14H,4-7,10H2,1-2H3. The van der Waals surface area contributed by atoms with Gasteiger partial charge in [0, 0.05) is 25.2 Å². The molecule has 32 heavy (non-hydrogen) atoms. The number of nitrogens with zero attached hydrogens (tertiary/aromatic N) is 5. The summed E-state index contributed by atoms with van der Waals surface area (Å²) in [6, 6.07) is 1.75. The Morgan fingerprint density at radius 1 is 1.12 bits per heavy atom. The van der Waals surface area contributed by atoms with E-state index in [0.717, 1.165) is 54.8 Å². The lowest BCUT2D eigenvalue weighted by atomic mass is 9.97. The number of piperidine rings is 1. The molecule has 4 rings (SSSR count). The largest absolute Gasteiger partial charge is 0.416 e. The highest BCUT2D eigenvalue weighted by molar-refractivity contribution is 6.38. The Kier molecular flexibility index (Phi) is 5.99. The van der Waals surface area contributed by atoms with Crippen LogP contribution in [0, 0.1) is 26.3 Å². The van der Waals surface area contributed by atoms with Crippen molar-refractivity contribution in [2.45, 2.75) is 32.9 Å². The van der Waals surface area contributed by atoms with Gasteiger partial charge in [-0.05, 0) is 44.4 Å². The average Bonchev–Trinajstić information content (AvgIpc) is 3.03. The summed E-state index contributed by atoms with van der Waals surface area (Å²) in [4.78, 5) is 15.0. The van der Waals surface area contributed by atoms with Crippen LogP contribution in [0.15, 0.2) is 18.3 Å². The molecule has 0 bridgehead atoms. The topological polar surface area (TPSA) is 38.3 Å². The van der Waals surface area contributed by atoms with E-state index in [1.54, 1.807) is 17.7 Å². The highest BCUT2D eigenvalue weighted by Gasteiger charge is 2.33. The molecule has 10 heteroatoms. The minimum Gasteiger partial charge on any atom is -0.356 e. The smallest absolute Gasteiger partial charge is 0.356 e. The Bertz CT molecular complexity index is 1200. The fourth-order valence-corrected chi connectivity index (χ4v) is 4.87. The molecule has 2 aromatic heterocycles. The maximum atomic E-state index is 13.2. The van der Waals surface area contributed by atoms with Gasteiger partial charge in [0.05, 0.1) is 26.7 Å². The van der Waals surface area contributed by atoms with Crippen LogP contribution < -0.4 is 4.90 Å². The van der Waals surface area contributed by atoms with E-state index in [1.807, 2.05) is 6.92 Å². The van der Waals surface area contributed by atoms with E-state index < -0.39 is 11.7 Å². The third kappa shape index (κ3) is 4.12. The van der Waals surface area contributed by atoms with Crippen LogP contribution >= 0.6 is 23.2 Å². The van der Waals surface area contributed by atoms with Crippen molar-refractivity contribution in [2.24, 2.45) is 5.92 Å². The van der Waals surface area contributed by atoms with Crippen molar-refractivity contribution in [1.82, 2.24) is 14.5 Å². The van der Waals surface area contributed by atoms with E-state index in [2.05, 4.69) is 19.7 Å². The molecule has 3 aromatic rings. The molecule has 0 saturated carbocycles. The average molecular weight is 482 g/mol. The van der Waals surface area contributed by atoms with E-state index in [-0.39, 0.29) is 15.7 Å². The van der Waals surface area contributed by atoms with Crippen LogP contribution in [0.3, 0.4) is 0 Å². The zero-order chi connectivity index (χ0) is 23.2. The minimum absolute atomic E-state index is 0.112. The Balaban J connectivity index is 1.83. The minimum atomic E-state index is -4.55. The van der Waals surface area contributed by atoms with Crippen LogP contribution in [0.25, 0.3) is 21.6 Å². The lowest BCUT2D eigenvalue weighted by Crippen LogP contribution is -2.35. The van der Waals surface area contributed by atoms with Gasteiger partial charge in [-0.3, -0.25) is 4.57 Å². The molecule has 1 aliphatic rings. The molecule has 1 saturated heterocycles. The summed E-state index contributed by atoms with van der Waals surface area (Å²) in [7, 11) is 0. The van der Waals surface area contributed by atoms with Crippen LogP contribution in [-0.2, 0) is 6.18 Å². The highest BCUT2D eigenvalue weighted by Crippen LogP contribution is 2.40. The van der Waals surface area contributed by atoms with E-state index >= 15 is 0 Å². The van der Waals surface area contributed by atoms with Crippen molar-refractivity contribution in [2.75, 3.05) is 24.5 Å². The SMILES string of the molecule is [C-]#[N+]CC1CCN(c2nc(C)nc3c2c(C)cn3-c2c(Cl)cc(C(F)(F)F)cc2Cl)CC1. The molecular formula is C22H20Cl2F3N5. The number of benzene rings is 1. The first kappa shape index (κ1) is 22.7. The van der Waals surface area contributed by atoms with Gasteiger partial charge < -0.3 is 9.74 Å². The van der Waals surface area contributed by atoms with Crippen molar-refractivity contribution in [1.29, 1.82) is 0 Å². The summed E-state index contributed by atoms with van der Waals surface area (Å²) >= 11 is 12.6. The molecule has 0 unspecified atom stereocenters. The van der Waals surface area contributed by atoms with Crippen LogP contribution in [0.2, 0.25) is 10.0 Å². The predicted molar refractivity (Wildman–Crippen MR) is 120 cm³/mol. The van der Waals surface area contributed by atoms with Crippen LogP contribution in [-0.4, -0.2) is 34.2 Å². The Morgan fingerprint density at radius 2 is 1.75 bits per heavy atom. The number of fused-ring (bicyclic) bond motifs is 1. The van der Waals surface area contributed by atoms with Gasteiger partial charge in [0.1, 0.15) is 11.6 Å². The lowest BCUT2D eigenvalue weighted by Gasteiger charge is -2.31. The van der Waals surface area contributed by atoms with Crippen molar-refractivity contribution < 1.29 is 13.2 Å². The number of hydrogen-bond acceptors (Lipinski definition) is 3. The van der Waals surface area contributed by atoms with Crippen LogP contribution in [0.4, 0.5) is 19.0 Å². The van der Waals surface area contributed by atoms with Gasteiger partial charge in [-0.1, -0.05) is 23.2 Å². The Hall–Kier alpha value is -2.50. The number of aromatic nitrogens is 3. The first-order valence-electron chi connectivity index (χ1n) is 10.1. The van der Waals surface area contributed by atoms with Gasteiger partial charge in [0.2, 0.25) is 6.54 Å². The zero-order valence-electron chi connectivity index (χ0n) is 17.5.